The maximum atomic E-state index is 12.5. The number of carbonyl (C=O) groups is 1. The van der Waals surface area contributed by atoms with Gasteiger partial charge in [-0.05, 0) is 54.8 Å². The second-order valence-electron chi connectivity index (χ2n) is 7.00. The first-order valence-corrected chi connectivity index (χ1v) is 10.3. The molecule has 3 N–H and O–H groups in total. The summed E-state index contributed by atoms with van der Waals surface area (Å²) in [5, 5.41) is 3.60. The highest BCUT2D eigenvalue weighted by atomic mass is 35.5. The lowest BCUT2D eigenvalue weighted by Crippen LogP contribution is -2.11. The van der Waals surface area contributed by atoms with E-state index in [0.29, 0.717) is 27.2 Å². The van der Waals surface area contributed by atoms with Crippen LogP contribution in [0.3, 0.4) is 0 Å². The van der Waals surface area contributed by atoms with E-state index in [9.17, 15) is 4.79 Å². The van der Waals surface area contributed by atoms with Gasteiger partial charge in [0.05, 0.1) is 21.1 Å². The van der Waals surface area contributed by atoms with Crippen molar-refractivity contribution in [3.63, 3.8) is 0 Å². The first-order valence-electron chi connectivity index (χ1n) is 9.57. The van der Waals surface area contributed by atoms with Crippen LogP contribution in [0, 0.1) is 0 Å². The van der Waals surface area contributed by atoms with E-state index < -0.39 is 0 Å². The smallest absolute Gasteiger partial charge is 0.255 e. The predicted molar refractivity (Wildman–Crippen MR) is 123 cm³/mol. The van der Waals surface area contributed by atoms with E-state index in [2.05, 4.69) is 22.4 Å². The van der Waals surface area contributed by atoms with Crippen LogP contribution in [0.15, 0.2) is 66.7 Å². The molecule has 30 heavy (non-hydrogen) atoms. The van der Waals surface area contributed by atoms with Gasteiger partial charge in [0, 0.05) is 17.8 Å². The minimum atomic E-state index is -0.275. The van der Waals surface area contributed by atoms with Crippen molar-refractivity contribution in [1.29, 1.82) is 0 Å². The summed E-state index contributed by atoms with van der Waals surface area (Å²) in [6.07, 6.45) is 1.92. The molecule has 0 bridgehead atoms. The number of amides is 1. The summed E-state index contributed by atoms with van der Waals surface area (Å²) in [6.45, 7) is 0.770. The molecule has 1 amide bonds. The molecule has 0 atom stereocenters. The van der Waals surface area contributed by atoms with Crippen molar-refractivity contribution in [3.05, 3.63) is 87.9 Å². The standard InChI is InChI=1S/C23H20Cl2N4O/c24-18-10-8-16(13-19(18)25)22(30)27-17-9-11-21-20(14-17)28-23(26)29(21)12-4-7-15-5-2-1-3-6-15/h1-3,5-6,8-11,13-14H,4,7,12H2,(H2,26,28)(H,27,30). The molecule has 0 aliphatic heterocycles. The van der Waals surface area contributed by atoms with Crippen LogP contribution in [-0.4, -0.2) is 15.5 Å². The highest BCUT2D eigenvalue weighted by Gasteiger charge is 2.12. The summed E-state index contributed by atoms with van der Waals surface area (Å²) < 4.78 is 2.00. The van der Waals surface area contributed by atoms with Crippen LogP contribution in [0.2, 0.25) is 10.0 Å². The van der Waals surface area contributed by atoms with Gasteiger partial charge in [-0.3, -0.25) is 4.79 Å². The number of hydrogen-bond acceptors (Lipinski definition) is 3. The monoisotopic (exact) mass is 438 g/mol. The molecule has 4 rings (SSSR count). The van der Waals surface area contributed by atoms with Gasteiger partial charge < -0.3 is 15.6 Å². The lowest BCUT2D eigenvalue weighted by Gasteiger charge is -2.08. The molecule has 4 aromatic rings. The van der Waals surface area contributed by atoms with E-state index in [0.717, 1.165) is 30.4 Å². The Labute approximate surface area is 184 Å². The van der Waals surface area contributed by atoms with Crippen molar-refractivity contribution >= 4 is 51.8 Å². The number of nitrogen functional groups attached to an aromatic ring is 1. The Morgan fingerprint density at radius 1 is 1.00 bits per heavy atom. The molecule has 0 fully saturated rings. The lowest BCUT2D eigenvalue weighted by molar-refractivity contribution is 0.102. The first kappa shape index (κ1) is 20.3. The molecular formula is C23H20Cl2N4O. The number of imidazole rings is 1. The van der Waals surface area contributed by atoms with Gasteiger partial charge >= 0.3 is 0 Å². The molecule has 152 valence electrons. The fourth-order valence-corrected chi connectivity index (χ4v) is 3.69. The molecule has 1 heterocycles. The largest absolute Gasteiger partial charge is 0.369 e. The van der Waals surface area contributed by atoms with Gasteiger partial charge in [-0.2, -0.15) is 0 Å². The first-order chi connectivity index (χ1) is 14.5. The SMILES string of the molecule is Nc1nc2cc(NC(=O)c3ccc(Cl)c(Cl)c3)ccc2n1CCCc1ccccc1. The summed E-state index contributed by atoms with van der Waals surface area (Å²) in [5.74, 6) is 0.189. The highest BCUT2D eigenvalue weighted by molar-refractivity contribution is 6.42. The second-order valence-corrected chi connectivity index (χ2v) is 7.81. The Hall–Kier alpha value is -3.02. The average Bonchev–Trinajstić information content (AvgIpc) is 3.05. The number of aromatic nitrogens is 2. The van der Waals surface area contributed by atoms with Crippen molar-refractivity contribution in [3.8, 4) is 0 Å². The quantitative estimate of drug-likeness (QED) is 0.398. The highest BCUT2D eigenvalue weighted by Crippen LogP contribution is 2.25. The molecule has 1 aromatic heterocycles. The van der Waals surface area contributed by atoms with Crippen LogP contribution in [-0.2, 0) is 13.0 Å². The van der Waals surface area contributed by atoms with Crippen LogP contribution in [0.5, 0.6) is 0 Å². The Balaban J connectivity index is 1.48. The molecule has 0 aliphatic rings. The number of benzene rings is 3. The number of aryl methyl sites for hydroxylation is 2. The van der Waals surface area contributed by atoms with Gasteiger partial charge in [-0.15, -0.1) is 0 Å². The van der Waals surface area contributed by atoms with Crippen LogP contribution in [0.1, 0.15) is 22.3 Å². The number of nitrogens with one attached hydrogen (secondary N) is 1. The maximum Gasteiger partial charge on any atom is 0.255 e. The molecule has 0 radical (unpaired) electrons. The Morgan fingerprint density at radius 2 is 1.80 bits per heavy atom. The third-order valence-electron chi connectivity index (χ3n) is 4.91. The third kappa shape index (κ3) is 4.42. The average molecular weight is 439 g/mol. The van der Waals surface area contributed by atoms with Crippen LogP contribution in [0.4, 0.5) is 11.6 Å². The number of halogens is 2. The molecule has 5 nitrogen and oxygen atoms in total. The number of hydrogen-bond donors (Lipinski definition) is 2. The Bertz CT molecular complexity index is 1200. The molecule has 7 heteroatoms. The van der Waals surface area contributed by atoms with Crippen molar-refractivity contribution in [2.75, 3.05) is 11.1 Å². The van der Waals surface area contributed by atoms with E-state index in [1.807, 2.05) is 41.0 Å². The van der Waals surface area contributed by atoms with E-state index in [1.54, 1.807) is 12.1 Å². The van der Waals surface area contributed by atoms with Gasteiger partial charge in [0.25, 0.3) is 5.91 Å². The zero-order valence-corrected chi connectivity index (χ0v) is 17.6. The summed E-state index contributed by atoms with van der Waals surface area (Å²) in [5.41, 5.74) is 10.2. The van der Waals surface area contributed by atoms with Crippen LogP contribution < -0.4 is 11.1 Å². The molecule has 0 aliphatic carbocycles. The van der Waals surface area contributed by atoms with E-state index in [-0.39, 0.29) is 5.91 Å². The fraction of sp³-hybridized carbons (Fsp3) is 0.130. The molecular weight excluding hydrogens is 419 g/mol. The molecule has 3 aromatic carbocycles. The summed E-state index contributed by atoms with van der Waals surface area (Å²) in [6, 6.07) is 20.7. The number of anilines is 2. The lowest BCUT2D eigenvalue weighted by atomic mass is 10.1. The number of fused-ring (bicyclic) bond motifs is 1. The number of carbonyl (C=O) groups excluding carboxylic acids is 1. The molecule has 0 unspecified atom stereocenters. The minimum Gasteiger partial charge on any atom is -0.369 e. The zero-order chi connectivity index (χ0) is 21.1. The number of nitrogens with two attached hydrogens (primary N) is 1. The fourth-order valence-electron chi connectivity index (χ4n) is 3.39. The Kier molecular flexibility index (Phi) is 5.93. The minimum absolute atomic E-state index is 0.275. The summed E-state index contributed by atoms with van der Waals surface area (Å²) in [7, 11) is 0. The molecule has 0 saturated carbocycles. The van der Waals surface area contributed by atoms with Gasteiger partial charge in [0.2, 0.25) is 5.95 Å². The number of rotatable bonds is 6. The van der Waals surface area contributed by atoms with Gasteiger partial charge in [-0.25, -0.2) is 4.98 Å². The van der Waals surface area contributed by atoms with Crippen LogP contribution in [0.25, 0.3) is 11.0 Å². The Morgan fingerprint density at radius 3 is 2.57 bits per heavy atom. The van der Waals surface area contributed by atoms with E-state index >= 15 is 0 Å². The van der Waals surface area contributed by atoms with Gasteiger partial charge in [0.15, 0.2) is 0 Å². The number of nitrogens with zero attached hydrogens (tertiary/aromatic N) is 2. The predicted octanol–water partition coefficient (Wildman–Crippen LogP) is 5.81. The van der Waals surface area contributed by atoms with Crippen molar-refractivity contribution in [2.45, 2.75) is 19.4 Å². The second kappa shape index (κ2) is 8.78. The van der Waals surface area contributed by atoms with Crippen molar-refractivity contribution in [1.82, 2.24) is 9.55 Å². The maximum absolute atomic E-state index is 12.5. The van der Waals surface area contributed by atoms with E-state index in [4.69, 9.17) is 28.9 Å². The molecule has 0 spiro atoms. The van der Waals surface area contributed by atoms with Crippen molar-refractivity contribution < 1.29 is 4.79 Å². The molecule has 0 saturated heterocycles. The topological polar surface area (TPSA) is 72.9 Å². The van der Waals surface area contributed by atoms with Crippen LogP contribution >= 0.6 is 23.2 Å². The van der Waals surface area contributed by atoms with Crippen molar-refractivity contribution in [2.24, 2.45) is 0 Å². The van der Waals surface area contributed by atoms with Gasteiger partial charge in [0.1, 0.15) is 0 Å². The summed E-state index contributed by atoms with van der Waals surface area (Å²) >= 11 is 11.9. The summed E-state index contributed by atoms with van der Waals surface area (Å²) in [4.78, 5) is 17.0. The van der Waals surface area contributed by atoms with Gasteiger partial charge in [-0.1, -0.05) is 53.5 Å². The van der Waals surface area contributed by atoms with E-state index in [1.165, 1.54) is 11.6 Å². The normalized spacial score (nSPS) is 11.0. The zero-order valence-electron chi connectivity index (χ0n) is 16.1. The third-order valence-corrected chi connectivity index (χ3v) is 5.65.